The van der Waals surface area contributed by atoms with E-state index in [0.717, 1.165) is 18.6 Å². The van der Waals surface area contributed by atoms with Crippen LogP contribution in [0, 0.1) is 0 Å². The highest BCUT2D eigenvalue weighted by Gasteiger charge is 2.01. The van der Waals surface area contributed by atoms with Crippen molar-refractivity contribution in [1.82, 2.24) is 0 Å². The van der Waals surface area contributed by atoms with Crippen LogP contribution in [0.1, 0.15) is 26.2 Å². The van der Waals surface area contributed by atoms with Gasteiger partial charge in [0.2, 0.25) is 0 Å². The highest BCUT2D eigenvalue weighted by atomic mass is 35.5. The Morgan fingerprint density at radius 2 is 1.94 bits per heavy atom. The fraction of sp³-hybridized carbons (Fsp3) is 0.462. The van der Waals surface area contributed by atoms with Gasteiger partial charge in [-0.1, -0.05) is 11.6 Å². The maximum absolute atomic E-state index is 11.0. The van der Waals surface area contributed by atoms with Crippen LogP contribution in [0.3, 0.4) is 0 Å². The van der Waals surface area contributed by atoms with Crippen molar-refractivity contribution in [1.29, 1.82) is 0 Å². The number of carbonyl (C=O) groups is 1. The van der Waals surface area contributed by atoms with Crippen molar-refractivity contribution in [3.63, 3.8) is 0 Å². The van der Waals surface area contributed by atoms with Gasteiger partial charge < -0.3 is 9.47 Å². The minimum absolute atomic E-state index is 0.140. The number of carbonyl (C=O) groups excluding carboxylic acids is 1. The fourth-order valence-corrected chi connectivity index (χ4v) is 1.45. The summed E-state index contributed by atoms with van der Waals surface area (Å²) >= 11 is 5.75. The predicted octanol–water partition coefficient (Wildman–Crippen LogP) is 3.45. The average Bonchev–Trinajstić information content (AvgIpc) is 2.31. The molecule has 0 unspecified atom stereocenters. The molecule has 3 nitrogen and oxygen atoms in total. The van der Waals surface area contributed by atoms with E-state index in [1.165, 1.54) is 0 Å². The number of hydrogen-bond donors (Lipinski definition) is 0. The predicted molar refractivity (Wildman–Crippen MR) is 67.4 cm³/mol. The van der Waals surface area contributed by atoms with Gasteiger partial charge in [-0.2, -0.15) is 0 Å². The van der Waals surface area contributed by atoms with E-state index in [9.17, 15) is 4.79 Å². The van der Waals surface area contributed by atoms with E-state index < -0.39 is 0 Å². The number of hydrogen-bond acceptors (Lipinski definition) is 3. The zero-order chi connectivity index (χ0) is 12.5. The van der Waals surface area contributed by atoms with E-state index >= 15 is 0 Å². The second-order valence-corrected chi connectivity index (χ2v) is 4.00. The van der Waals surface area contributed by atoms with Gasteiger partial charge in [0.05, 0.1) is 13.2 Å². The minimum Gasteiger partial charge on any atom is -0.494 e. The third-order valence-corrected chi connectivity index (χ3v) is 2.41. The summed E-state index contributed by atoms with van der Waals surface area (Å²) in [5, 5.41) is 0.694. The van der Waals surface area contributed by atoms with E-state index in [-0.39, 0.29) is 5.97 Å². The highest BCUT2D eigenvalue weighted by Crippen LogP contribution is 2.15. The Kier molecular flexibility index (Phi) is 6.48. The van der Waals surface area contributed by atoms with Crippen molar-refractivity contribution >= 4 is 17.6 Å². The van der Waals surface area contributed by atoms with Crippen LogP contribution in [-0.2, 0) is 9.53 Å². The Bertz CT molecular complexity index is 335. The first-order chi connectivity index (χ1) is 8.22. The van der Waals surface area contributed by atoms with Gasteiger partial charge in [0.25, 0.3) is 0 Å². The van der Waals surface area contributed by atoms with Gasteiger partial charge in [-0.3, -0.25) is 4.79 Å². The molecule has 1 aromatic rings. The molecule has 4 heteroatoms. The molecule has 1 aromatic carbocycles. The van der Waals surface area contributed by atoms with E-state index in [0.29, 0.717) is 24.7 Å². The van der Waals surface area contributed by atoms with Crippen LogP contribution in [0.4, 0.5) is 0 Å². The van der Waals surface area contributed by atoms with Gasteiger partial charge in [0.1, 0.15) is 5.75 Å². The Balaban J connectivity index is 2.08. The summed E-state index contributed by atoms with van der Waals surface area (Å²) < 4.78 is 10.3. The maximum Gasteiger partial charge on any atom is 0.305 e. The van der Waals surface area contributed by atoms with Crippen LogP contribution in [0.15, 0.2) is 24.3 Å². The lowest BCUT2D eigenvalue weighted by atomic mass is 10.2. The molecule has 0 amide bonds. The lowest BCUT2D eigenvalue weighted by Gasteiger charge is -2.05. The quantitative estimate of drug-likeness (QED) is 0.554. The molecule has 1 rings (SSSR count). The number of halogens is 1. The molecule has 0 heterocycles. The molecule has 0 saturated heterocycles. The molecule has 0 atom stereocenters. The summed E-state index contributed by atoms with van der Waals surface area (Å²) in [7, 11) is 0. The monoisotopic (exact) mass is 256 g/mol. The van der Waals surface area contributed by atoms with Gasteiger partial charge in [0, 0.05) is 11.4 Å². The van der Waals surface area contributed by atoms with Gasteiger partial charge in [-0.15, -0.1) is 0 Å². The van der Waals surface area contributed by atoms with Crippen LogP contribution in [0.25, 0.3) is 0 Å². The molecule has 0 aliphatic carbocycles. The molecule has 17 heavy (non-hydrogen) atoms. The van der Waals surface area contributed by atoms with E-state index in [1.807, 2.05) is 19.1 Å². The lowest BCUT2D eigenvalue weighted by molar-refractivity contribution is -0.143. The molecule has 0 N–H and O–H groups in total. The number of unbranched alkanes of at least 4 members (excludes halogenated alkanes) is 1. The topological polar surface area (TPSA) is 35.5 Å². The molecular formula is C13H17ClO3. The normalized spacial score (nSPS) is 10.0. The molecular weight excluding hydrogens is 240 g/mol. The van der Waals surface area contributed by atoms with E-state index in [1.54, 1.807) is 12.1 Å². The van der Waals surface area contributed by atoms with Crippen LogP contribution >= 0.6 is 11.6 Å². The first-order valence-corrected chi connectivity index (χ1v) is 6.14. The number of benzene rings is 1. The van der Waals surface area contributed by atoms with Crippen LogP contribution in [-0.4, -0.2) is 19.2 Å². The summed E-state index contributed by atoms with van der Waals surface area (Å²) in [6.45, 7) is 2.85. The second kappa shape index (κ2) is 7.96. The molecule has 94 valence electrons. The maximum atomic E-state index is 11.0. The van der Waals surface area contributed by atoms with Gasteiger partial charge in [-0.25, -0.2) is 0 Å². The summed E-state index contributed by atoms with van der Waals surface area (Å²) in [6.07, 6.45) is 2.08. The van der Waals surface area contributed by atoms with Crippen molar-refractivity contribution in [3.8, 4) is 5.75 Å². The molecule has 0 aliphatic rings. The van der Waals surface area contributed by atoms with E-state index in [2.05, 4.69) is 0 Å². The first kappa shape index (κ1) is 13.8. The molecule has 0 fully saturated rings. The molecule has 0 spiro atoms. The van der Waals surface area contributed by atoms with Crippen molar-refractivity contribution in [3.05, 3.63) is 29.3 Å². The first-order valence-electron chi connectivity index (χ1n) is 5.76. The van der Waals surface area contributed by atoms with Crippen LogP contribution in [0.5, 0.6) is 5.75 Å². The molecule has 0 saturated carbocycles. The Morgan fingerprint density at radius 3 is 2.59 bits per heavy atom. The second-order valence-electron chi connectivity index (χ2n) is 3.56. The smallest absolute Gasteiger partial charge is 0.305 e. The Labute approximate surface area is 107 Å². The zero-order valence-electron chi connectivity index (χ0n) is 9.95. The van der Waals surface area contributed by atoms with Crippen molar-refractivity contribution in [2.45, 2.75) is 26.2 Å². The van der Waals surface area contributed by atoms with Crippen molar-refractivity contribution in [2.75, 3.05) is 13.2 Å². The van der Waals surface area contributed by atoms with Crippen LogP contribution in [0.2, 0.25) is 5.02 Å². The molecule has 0 radical (unpaired) electrons. The number of rotatable bonds is 7. The SMILES string of the molecule is CCOC(=O)CCCCOc1ccc(Cl)cc1. The zero-order valence-corrected chi connectivity index (χ0v) is 10.7. The number of esters is 1. The van der Waals surface area contributed by atoms with Gasteiger partial charge in [-0.05, 0) is 44.0 Å². The average molecular weight is 257 g/mol. The Morgan fingerprint density at radius 1 is 1.24 bits per heavy atom. The van der Waals surface area contributed by atoms with Crippen LogP contribution < -0.4 is 4.74 Å². The summed E-state index contributed by atoms with van der Waals surface area (Å²) in [5.41, 5.74) is 0. The number of ether oxygens (including phenoxy) is 2. The Hall–Kier alpha value is -1.22. The molecule has 0 bridgehead atoms. The largest absolute Gasteiger partial charge is 0.494 e. The third-order valence-electron chi connectivity index (χ3n) is 2.16. The lowest BCUT2D eigenvalue weighted by Crippen LogP contribution is -2.05. The highest BCUT2D eigenvalue weighted by molar-refractivity contribution is 6.30. The molecule has 0 aromatic heterocycles. The minimum atomic E-state index is -0.140. The van der Waals surface area contributed by atoms with Crippen molar-refractivity contribution < 1.29 is 14.3 Å². The third kappa shape index (κ3) is 6.17. The standard InChI is InChI=1S/C13H17ClO3/c1-2-16-13(15)5-3-4-10-17-12-8-6-11(14)7-9-12/h6-9H,2-5,10H2,1H3. The van der Waals surface area contributed by atoms with Gasteiger partial charge >= 0.3 is 5.97 Å². The van der Waals surface area contributed by atoms with Gasteiger partial charge in [0.15, 0.2) is 0 Å². The summed E-state index contributed by atoms with van der Waals surface area (Å²) in [5.74, 6) is 0.657. The fourth-order valence-electron chi connectivity index (χ4n) is 1.33. The molecule has 0 aliphatic heterocycles. The summed E-state index contributed by atoms with van der Waals surface area (Å²) in [4.78, 5) is 11.0. The van der Waals surface area contributed by atoms with Crippen molar-refractivity contribution in [2.24, 2.45) is 0 Å². The summed E-state index contributed by atoms with van der Waals surface area (Å²) in [6, 6.07) is 7.23. The van der Waals surface area contributed by atoms with E-state index in [4.69, 9.17) is 21.1 Å².